The number of ether oxygens (including phenoxy) is 1. The SMILES string of the molecule is O=C(Nc1ccc(Cl)c(S(=O)(=O)N2CCOCC2)c1)c1cc(-c2ccccc2Cl)nc2ccccc12. The van der Waals surface area contributed by atoms with Gasteiger partial charge in [-0.3, -0.25) is 4.79 Å². The highest BCUT2D eigenvalue weighted by molar-refractivity contribution is 7.89. The maximum absolute atomic E-state index is 13.5. The van der Waals surface area contributed by atoms with Gasteiger partial charge in [0, 0.05) is 34.7 Å². The van der Waals surface area contributed by atoms with Crippen molar-refractivity contribution in [1.82, 2.24) is 9.29 Å². The first-order chi connectivity index (χ1) is 17.3. The van der Waals surface area contributed by atoms with Crippen molar-refractivity contribution in [1.29, 1.82) is 0 Å². The summed E-state index contributed by atoms with van der Waals surface area (Å²) in [6, 6.07) is 20.7. The van der Waals surface area contributed by atoms with Crippen molar-refractivity contribution >= 4 is 55.7 Å². The third-order valence-corrected chi connectivity index (χ3v) is 8.60. The number of nitrogens with zero attached hydrogens (tertiary/aromatic N) is 2. The van der Waals surface area contributed by atoms with Crippen LogP contribution in [0.2, 0.25) is 10.0 Å². The summed E-state index contributed by atoms with van der Waals surface area (Å²) in [5.41, 5.74) is 2.56. The standard InChI is InChI=1S/C26H21Cl2N3O4S/c27-21-7-3-1-6-19(21)24-16-20(18-5-2-4-8-23(18)30-24)26(32)29-17-9-10-22(28)25(15-17)36(33,34)31-11-13-35-14-12-31/h1-10,15-16H,11-14H2,(H,29,32). The normalized spacial score (nSPS) is 14.6. The van der Waals surface area contributed by atoms with E-state index < -0.39 is 15.9 Å². The zero-order valence-electron chi connectivity index (χ0n) is 18.9. The molecule has 1 aliphatic rings. The third kappa shape index (κ3) is 4.83. The Bertz CT molecular complexity index is 1570. The minimum atomic E-state index is -3.85. The van der Waals surface area contributed by atoms with Gasteiger partial charge in [0.05, 0.1) is 35.0 Å². The Balaban J connectivity index is 1.52. The van der Waals surface area contributed by atoms with Gasteiger partial charge in [0.15, 0.2) is 0 Å². The second-order valence-electron chi connectivity index (χ2n) is 8.17. The van der Waals surface area contributed by atoms with Crippen molar-refractivity contribution in [3.05, 3.63) is 88.4 Å². The molecule has 1 saturated heterocycles. The van der Waals surface area contributed by atoms with Crippen LogP contribution in [0.5, 0.6) is 0 Å². The molecule has 0 bridgehead atoms. The number of nitrogens with one attached hydrogen (secondary N) is 1. The van der Waals surface area contributed by atoms with E-state index in [0.29, 0.717) is 51.6 Å². The molecule has 0 unspecified atom stereocenters. The minimum absolute atomic E-state index is 0.0693. The molecule has 5 rings (SSSR count). The number of pyridine rings is 1. The van der Waals surface area contributed by atoms with Gasteiger partial charge in [-0.15, -0.1) is 0 Å². The first-order valence-corrected chi connectivity index (χ1v) is 13.4. The lowest BCUT2D eigenvalue weighted by molar-refractivity contribution is 0.0730. The second-order valence-corrected chi connectivity index (χ2v) is 10.9. The molecule has 0 aliphatic carbocycles. The van der Waals surface area contributed by atoms with Crippen LogP contribution in [-0.4, -0.2) is 49.9 Å². The maximum atomic E-state index is 13.5. The topological polar surface area (TPSA) is 88.6 Å². The summed E-state index contributed by atoms with van der Waals surface area (Å²) in [4.78, 5) is 18.1. The molecule has 1 N–H and O–H groups in total. The number of anilines is 1. The smallest absolute Gasteiger partial charge is 0.256 e. The molecule has 0 spiro atoms. The van der Waals surface area contributed by atoms with E-state index in [2.05, 4.69) is 10.3 Å². The average molecular weight is 542 g/mol. The Morgan fingerprint density at radius 1 is 0.917 bits per heavy atom. The van der Waals surface area contributed by atoms with Crippen LogP contribution >= 0.6 is 23.2 Å². The molecule has 36 heavy (non-hydrogen) atoms. The number of carbonyl (C=O) groups excluding carboxylic acids is 1. The zero-order valence-corrected chi connectivity index (χ0v) is 21.3. The Hall–Kier alpha value is -3.01. The Kier molecular flexibility index (Phi) is 6.96. The Morgan fingerprint density at radius 2 is 1.64 bits per heavy atom. The summed E-state index contributed by atoms with van der Waals surface area (Å²) in [5, 5.41) is 4.07. The molecule has 0 saturated carbocycles. The molecule has 2 heterocycles. The molecule has 7 nitrogen and oxygen atoms in total. The van der Waals surface area contributed by atoms with Crippen molar-refractivity contribution in [2.75, 3.05) is 31.6 Å². The quantitative estimate of drug-likeness (QED) is 0.361. The number of carbonyl (C=O) groups is 1. The maximum Gasteiger partial charge on any atom is 0.256 e. The van der Waals surface area contributed by atoms with Crippen LogP contribution in [0.25, 0.3) is 22.2 Å². The molecule has 10 heteroatoms. The van der Waals surface area contributed by atoms with Crippen molar-refractivity contribution in [3.8, 4) is 11.3 Å². The number of morpholine rings is 1. The summed E-state index contributed by atoms with van der Waals surface area (Å²) in [6.45, 7) is 1.11. The Morgan fingerprint density at radius 3 is 2.42 bits per heavy atom. The first kappa shape index (κ1) is 24.7. The van der Waals surface area contributed by atoms with Crippen molar-refractivity contribution < 1.29 is 17.9 Å². The molecule has 4 aromatic rings. The molecule has 3 aromatic carbocycles. The highest BCUT2D eigenvalue weighted by atomic mass is 35.5. The van der Waals surface area contributed by atoms with Crippen LogP contribution in [0.15, 0.2) is 77.7 Å². The highest BCUT2D eigenvalue weighted by Gasteiger charge is 2.29. The molecule has 0 atom stereocenters. The molecule has 184 valence electrons. The van der Waals surface area contributed by atoms with E-state index in [4.69, 9.17) is 27.9 Å². The number of hydrogen-bond acceptors (Lipinski definition) is 5. The largest absolute Gasteiger partial charge is 0.379 e. The molecule has 1 aromatic heterocycles. The third-order valence-electron chi connectivity index (χ3n) is 5.89. The highest BCUT2D eigenvalue weighted by Crippen LogP contribution is 2.31. The lowest BCUT2D eigenvalue weighted by Crippen LogP contribution is -2.40. The predicted molar refractivity (Wildman–Crippen MR) is 141 cm³/mol. The molecule has 1 amide bonds. The molecule has 1 fully saturated rings. The minimum Gasteiger partial charge on any atom is -0.379 e. The van der Waals surface area contributed by atoms with E-state index in [1.165, 1.54) is 16.4 Å². The number of amides is 1. The fourth-order valence-corrected chi connectivity index (χ4v) is 6.21. The van der Waals surface area contributed by atoms with Gasteiger partial charge >= 0.3 is 0 Å². The number of sulfonamides is 1. The summed E-state index contributed by atoms with van der Waals surface area (Å²) in [5.74, 6) is -0.418. The van der Waals surface area contributed by atoms with Gasteiger partial charge in [0.2, 0.25) is 10.0 Å². The van der Waals surface area contributed by atoms with E-state index >= 15 is 0 Å². The second kappa shape index (κ2) is 10.2. The van der Waals surface area contributed by atoms with Crippen LogP contribution in [0.3, 0.4) is 0 Å². The fraction of sp³-hybridized carbons (Fsp3) is 0.154. The van der Waals surface area contributed by atoms with Crippen LogP contribution in [-0.2, 0) is 14.8 Å². The van der Waals surface area contributed by atoms with Gasteiger partial charge < -0.3 is 10.1 Å². The summed E-state index contributed by atoms with van der Waals surface area (Å²) < 4.78 is 32.9. The van der Waals surface area contributed by atoms with Crippen LogP contribution in [0, 0.1) is 0 Å². The van der Waals surface area contributed by atoms with Crippen LogP contribution in [0.4, 0.5) is 5.69 Å². The number of aromatic nitrogens is 1. The summed E-state index contributed by atoms with van der Waals surface area (Å²) in [7, 11) is -3.85. The summed E-state index contributed by atoms with van der Waals surface area (Å²) in [6.07, 6.45) is 0. The number of benzene rings is 3. The summed E-state index contributed by atoms with van der Waals surface area (Å²) >= 11 is 12.7. The molecular formula is C26H21Cl2N3O4S. The molecule has 0 radical (unpaired) electrons. The van der Waals surface area contributed by atoms with E-state index in [0.717, 1.165) is 0 Å². The number of para-hydroxylation sites is 1. The lowest BCUT2D eigenvalue weighted by Gasteiger charge is -2.26. The number of fused-ring (bicyclic) bond motifs is 1. The van der Waals surface area contributed by atoms with Gasteiger partial charge in [0.1, 0.15) is 4.90 Å². The predicted octanol–water partition coefficient (Wildman–Crippen LogP) is 5.48. The molecule has 1 aliphatic heterocycles. The van der Waals surface area contributed by atoms with Gasteiger partial charge in [-0.2, -0.15) is 4.31 Å². The van der Waals surface area contributed by atoms with E-state index in [-0.39, 0.29) is 23.0 Å². The van der Waals surface area contributed by atoms with Gasteiger partial charge in [-0.25, -0.2) is 13.4 Å². The fourth-order valence-electron chi connectivity index (χ4n) is 4.07. The monoisotopic (exact) mass is 541 g/mol. The van der Waals surface area contributed by atoms with Crippen molar-refractivity contribution in [3.63, 3.8) is 0 Å². The number of halogens is 2. The number of rotatable bonds is 5. The molecular weight excluding hydrogens is 521 g/mol. The van der Waals surface area contributed by atoms with E-state index in [1.54, 1.807) is 18.2 Å². The Labute approximate surface area is 218 Å². The van der Waals surface area contributed by atoms with Crippen molar-refractivity contribution in [2.45, 2.75) is 4.90 Å². The van der Waals surface area contributed by atoms with E-state index in [1.807, 2.05) is 42.5 Å². The van der Waals surface area contributed by atoms with E-state index in [9.17, 15) is 13.2 Å². The van der Waals surface area contributed by atoms with Gasteiger partial charge in [-0.1, -0.05) is 59.6 Å². The average Bonchev–Trinajstić information content (AvgIpc) is 2.89. The zero-order chi connectivity index (χ0) is 25.3. The van der Waals surface area contributed by atoms with Gasteiger partial charge in [-0.05, 0) is 36.4 Å². The lowest BCUT2D eigenvalue weighted by atomic mass is 10.0. The van der Waals surface area contributed by atoms with Crippen molar-refractivity contribution in [2.24, 2.45) is 0 Å². The number of hydrogen-bond donors (Lipinski definition) is 1. The van der Waals surface area contributed by atoms with Crippen LogP contribution in [0.1, 0.15) is 10.4 Å². The van der Waals surface area contributed by atoms with Gasteiger partial charge in [0.25, 0.3) is 5.91 Å². The first-order valence-electron chi connectivity index (χ1n) is 11.2. The van der Waals surface area contributed by atoms with Crippen LogP contribution < -0.4 is 5.32 Å².